The van der Waals surface area contributed by atoms with Crippen LogP contribution < -0.4 is 10.5 Å². The predicted molar refractivity (Wildman–Crippen MR) is 106 cm³/mol. The van der Waals surface area contributed by atoms with E-state index < -0.39 is 9.84 Å². The van der Waals surface area contributed by atoms with Crippen molar-refractivity contribution in [1.29, 1.82) is 0 Å². The van der Waals surface area contributed by atoms with Crippen molar-refractivity contribution >= 4 is 15.7 Å². The number of sulfone groups is 1. The lowest BCUT2D eigenvalue weighted by atomic mass is 10.1. The number of aromatic amines is 1. The molecule has 4 rings (SSSR count). The van der Waals surface area contributed by atoms with E-state index in [-0.39, 0.29) is 10.7 Å². The third kappa shape index (κ3) is 3.95. The molecule has 1 saturated heterocycles. The number of anilines is 1. The van der Waals surface area contributed by atoms with Gasteiger partial charge in [0.05, 0.1) is 11.3 Å². The molecule has 0 atom stereocenters. The molecule has 0 aliphatic carbocycles. The van der Waals surface area contributed by atoms with Gasteiger partial charge in [-0.15, -0.1) is 0 Å². The zero-order chi connectivity index (χ0) is 19.7. The predicted octanol–water partition coefficient (Wildman–Crippen LogP) is 1.12. The molecule has 1 N–H and O–H groups in total. The molecule has 4 heterocycles. The van der Waals surface area contributed by atoms with Gasteiger partial charge in [-0.25, -0.2) is 18.4 Å². The van der Waals surface area contributed by atoms with E-state index in [1.807, 2.05) is 12.3 Å². The number of hydrogen-bond acceptors (Lipinski definition) is 7. The van der Waals surface area contributed by atoms with E-state index in [4.69, 9.17) is 0 Å². The summed E-state index contributed by atoms with van der Waals surface area (Å²) in [5.41, 5.74) is 1.94. The standard InChI is InChI=1S/C19H25N5O3S/c1-28(26,27)19-21-16-7-11-23(13-15(16)18(25)22-19)12-14-6-5-8-20-17(14)24-9-3-2-4-10-24/h5-6,8H,2-4,7,9-13H2,1H3,(H,21,22,25). The van der Waals surface area contributed by atoms with Crippen molar-refractivity contribution < 1.29 is 8.42 Å². The normalized spacial score (nSPS) is 18.1. The summed E-state index contributed by atoms with van der Waals surface area (Å²) in [6.45, 7) is 3.94. The highest BCUT2D eigenvalue weighted by molar-refractivity contribution is 7.90. The van der Waals surface area contributed by atoms with Crippen LogP contribution in [0.15, 0.2) is 28.3 Å². The van der Waals surface area contributed by atoms with Gasteiger partial charge in [0.15, 0.2) is 0 Å². The van der Waals surface area contributed by atoms with Gasteiger partial charge in [0.25, 0.3) is 5.56 Å². The number of H-pyrrole nitrogens is 1. The van der Waals surface area contributed by atoms with E-state index >= 15 is 0 Å². The largest absolute Gasteiger partial charge is 0.356 e. The van der Waals surface area contributed by atoms with Gasteiger partial charge in [0.1, 0.15) is 5.82 Å². The van der Waals surface area contributed by atoms with E-state index in [0.29, 0.717) is 30.8 Å². The van der Waals surface area contributed by atoms with Crippen molar-refractivity contribution in [3.8, 4) is 0 Å². The molecule has 0 unspecified atom stereocenters. The van der Waals surface area contributed by atoms with Crippen molar-refractivity contribution in [3.05, 3.63) is 45.5 Å². The second-order valence-electron chi connectivity index (χ2n) is 7.56. The van der Waals surface area contributed by atoms with E-state index in [1.165, 1.54) is 19.3 Å². The number of rotatable bonds is 4. The Morgan fingerprint density at radius 1 is 1.18 bits per heavy atom. The lowest BCUT2D eigenvalue weighted by Crippen LogP contribution is -2.37. The third-order valence-corrected chi connectivity index (χ3v) is 6.29. The van der Waals surface area contributed by atoms with Gasteiger partial charge in [-0.05, 0) is 25.3 Å². The van der Waals surface area contributed by atoms with Gasteiger partial charge < -0.3 is 4.90 Å². The van der Waals surface area contributed by atoms with Crippen LogP contribution in [-0.4, -0.2) is 54.2 Å². The van der Waals surface area contributed by atoms with Crippen LogP contribution in [0.3, 0.4) is 0 Å². The minimum Gasteiger partial charge on any atom is -0.356 e. The topological polar surface area (TPSA) is 99.3 Å². The van der Waals surface area contributed by atoms with Crippen molar-refractivity contribution in [2.75, 3.05) is 30.8 Å². The lowest BCUT2D eigenvalue weighted by Gasteiger charge is -2.32. The molecule has 0 bridgehead atoms. The highest BCUT2D eigenvalue weighted by atomic mass is 32.2. The van der Waals surface area contributed by atoms with Crippen LogP contribution >= 0.6 is 0 Å². The molecule has 0 amide bonds. The Labute approximate surface area is 164 Å². The first kappa shape index (κ1) is 19.1. The van der Waals surface area contributed by atoms with Gasteiger partial charge in [-0.3, -0.25) is 14.7 Å². The lowest BCUT2D eigenvalue weighted by molar-refractivity contribution is 0.240. The summed E-state index contributed by atoms with van der Waals surface area (Å²) >= 11 is 0. The summed E-state index contributed by atoms with van der Waals surface area (Å²) in [4.78, 5) is 28.2. The quantitative estimate of drug-likeness (QED) is 0.764. The molecule has 2 aromatic rings. The number of hydrogen-bond donors (Lipinski definition) is 1. The maximum atomic E-state index is 12.4. The smallest absolute Gasteiger partial charge is 0.256 e. The minimum atomic E-state index is -3.53. The average Bonchev–Trinajstić information content (AvgIpc) is 2.69. The molecule has 9 heteroatoms. The minimum absolute atomic E-state index is 0.246. The molecule has 150 valence electrons. The molecule has 0 saturated carbocycles. The van der Waals surface area contributed by atoms with Crippen LogP contribution in [0, 0.1) is 0 Å². The maximum absolute atomic E-state index is 12.4. The van der Waals surface area contributed by atoms with Crippen molar-refractivity contribution in [1.82, 2.24) is 19.9 Å². The van der Waals surface area contributed by atoms with Crippen LogP contribution in [0.1, 0.15) is 36.1 Å². The van der Waals surface area contributed by atoms with Crippen LogP contribution in [0.4, 0.5) is 5.82 Å². The molecule has 0 radical (unpaired) electrons. The Hall–Kier alpha value is -2.26. The highest BCUT2D eigenvalue weighted by Gasteiger charge is 2.25. The molecule has 0 spiro atoms. The second-order valence-corrected chi connectivity index (χ2v) is 9.49. The number of nitrogens with one attached hydrogen (secondary N) is 1. The third-order valence-electron chi connectivity index (χ3n) is 5.39. The summed E-state index contributed by atoms with van der Waals surface area (Å²) in [5.74, 6) is 1.03. The Bertz CT molecular complexity index is 1030. The Morgan fingerprint density at radius 2 is 1.96 bits per heavy atom. The molecular formula is C19H25N5O3S. The van der Waals surface area contributed by atoms with Gasteiger partial charge in [0.2, 0.25) is 15.0 Å². The van der Waals surface area contributed by atoms with Crippen LogP contribution in [0.2, 0.25) is 0 Å². The number of pyridine rings is 1. The van der Waals surface area contributed by atoms with Gasteiger partial charge in [-0.1, -0.05) is 6.07 Å². The molecule has 0 aromatic carbocycles. The van der Waals surface area contributed by atoms with E-state index in [1.54, 1.807) is 0 Å². The molecule has 2 aliphatic rings. The monoisotopic (exact) mass is 403 g/mol. The Morgan fingerprint density at radius 3 is 2.71 bits per heavy atom. The van der Waals surface area contributed by atoms with E-state index in [2.05, 4.69) is 30.8 Å². The Balaban J connectivity index is 1.56. The fourth-order valence-corrected chi connectivity index (χ4v) is 4.51. The van der Waals surface area contributed by atoms with Crippen molar-refractivity contribution in [2.24, 2.45) is 0 Å². The maximum Gasteiger partial charge on any atom is 0.256 e. The van der Waals surface area contributed by atoms with Gasteiger partial charge in [0, 0.05) is 57.2 Å². The summed E-state index contributed by atoms with van der Waals surface area (Å²) in [5, 5.41) is -0.246. The summed E-state index contributed by atoms with van der Waals surface area (Å²) in [6.07, 6.45) is 7.10. The molecule has 28 heavy (non-hydrogen) atoms. The average molecular weight is 404 g/mol. The Kier molecular flexibility index (Phi) is 5.20. The molecule has 8 nitrogen and oxygen atoms in total. The number of fused-ring (bicyclic) bond motifs is 1. The first-order valence-electron chi connectivity index (χ1n) is 9.65. The molecule has 2 aliphatic heterocycles. The molecule has 1 fully saturated rings. The van der Waals surface area contributed by atoms with Gasteiger partial charge in [-0.2, -0.15) is 0 Å². The second kappa shape index (κ2) is 7.63. The van der Waals surface area contributed by atoms with E-state index in [0.717, 1.165) is 37.3 Å². The van der Waals surface area contributed by atoms with Gasteiger partial charge >= 0.3 is 0 Å². The van der Waals surface area contributed by atoms with E-state index in [9.17, 15) is 13.2 Å². The summed E-state index contributed by atoms with van der Waals surface area (Å²) < 4.78 is 23.4. The fraction of sp³-hybridized carbons (Fsp3) is 0.526. The summed E-state index contributed by atoms with van der Waals surface area (Å²) in [7, 11) is -3.53. The zero-order valence-corrected chi connectivity index (χ0v) is 16.8. The van der Waals surface area contributed by atoms with Crippen LogP contribution in [0.25, 0.3) is 0 Å². The van der Waals surface area contributed by atoms with Crippen molar-refractivity contribution in [3.63, 3.8) is 0 Å². The van der Waals surface area contributed by atoms with Crippen molar-refractivity contribution in [2.45, 2.75) is 43.9 Å². The fourth-order valence-electron chi connectivity index (χ4n) is 3.95. The summed E-state index contributed by atoms with van der Waals surface area (Å²) in [6, 6.07) is 4.05. The number of piperidine rings is 1. The van der Waals surface area contributed by atoms with Crippen LogP contribution in [-0.2, 0) is 29.3 Å². The SMILES string of the molecule is CS(=O)(=O)c1nc2c(c(=O)[nH]1)CN(Cc1cccnc1N1CCCCC1)CC2. The number of nitrogens with zero attached hydrogens (tertiary/aromatic N) is 4. The number of aromatic nitrogens is 3. The first-order chi connectivity index (χ1) is 13.4. The molecule has 2 aromatic heterocycles. The first-order valence-corrected chi connectivity index (χ1v) is 11.5. The van der Waals surface area contributed by atoms with Crippen LogP contribution in [0.5, 0.6) is 0 Å². The molecular weight excluding hydrogens is 378 g/mol. The zero-order valence-electron chi connectivity index (χ0n) is 16.0. The highest BCUT2D eigenvalue weighted by Crippen LogP contribution is 2.24.